The van der Waals surface area contributed by atoms with Crippen molar-refractivity contribution < 1.29 is 13.9 Å². The molecule has 2 aromatic carbocycles. The molecule has 0 saturated carbocycles. The van der Waals surface area contributed by atoms with Gasteiger partial charge in [-0.3, -0.25) is 15.0 Å². The molecule has 0 bridgehead atoms. The first-order valence-corrected chi connectivity index (χ1v) is 8.18. The maximum atomic E-state index is 13.0. The number of nitrogens with zero attached hydrogens (tertiary/aromatic N) is 2. The van der Waals surface area contributed by atoms with Crippen LogP contribution < -0.4 is 15.7 Å². The van der Waals surface area contributed by atoms with E-state index in [9.17, 15) is 9.59 Å². The first-order chi connectivity index (χ1) is 13.2. The Kier molecular flexibility index (Phi) is 4.18. The summed E-state index contributed by atoms with van der Waals surface area (Å²) in [5.74, 6) is 0.527. The second-order valence-corrected chi connectivity index (χ2v) is 5.74. The number of benzene rings is 2. The highest BCUT2D eigenvalue weighted by Crippen LogP contribution is 2.21. The van der Waals surface area contributed by atoms with E-state index in [1.165, 1.54) is 12.3 Å². The molecule has 1 amide bonds. The van der Waals surface area contributed by atoms with Crippen molar-refractivity contribution in [3.63, 3.8) is 0 Å². The van der Waals surface area contributed by atoms with Gasteiger partial charge in [0.2, 0.25) is 0 Å². The number of amides is 1. The van der Waals surface area contributed by atoms with Crippen molar-refractivity contribution in [2.75, 3.05) is 12.5 Å². The number of carbonyl (C=O) groups excluding carboxylic acids is 1. The number of hydrogen-bond acceptors (Lipinski definition) is 5. The lowest BCUT2D eigenvalue weighted by atomic mass is 10.2. The SMILES string of the molecule is COc1ccc(-c2nc3ccccc3c(=O)n2NC(=O)c2ccco2)cc1. The number of hydrogen-bond donors (Lipinski definition) is 1. The molecule has 2 heterocycles. The van der Waals surface area contributed by atoms with Gasteiger partial charge in [0.1, 0.15) is 5.75 Å². The number of aromatic nitrogens is 2. The van der Waals surface area contributed by atoms with Crippen molar-refractivity contribution in [3.05, 3.63) is 83.0 Å². The molecular formula is C20H15N3O4. The number of fused-ring (bicyclic) bond motifs is 1. The van der Waals surface area contributed by atoms with Gasteiger partial charge in [-0.15, -0.1) is 0 Å². The molecule has 2 aromatic heterocycles. The first-order valence-electron chi connectivity index (χ1n) is 8.18. The first kappa shape index (κ1) is 16.6. The quantitative estimate of drug-likeness (QED) is 0.604. The molecule has 0 saturated heterocycles. The van der Waals surface area contributed by atoms with Gasteiger partial charge < -0.3 is 9.15 Å². The van der Waals surface area contributed by atoms with Gasteiger partial charge in [0, 0.05) is 5.56 Å². The van der Waals surface area contributed by atoms with Crippen LogP contribution in [0.2, 0.25) is 0 Å². The largest absolute Gasteiger partial charge is 0.497 e. The topological polar surface area (TPSA) is 86.4 Å². The van der Waals surface area contributed by atoms with Crippen LogP contribution in [-0.2, 0) is 0 Å². The molecule has 0 spiro atoms. The molecule has 1 N–H and O–H groups in total. The maximum Gasteiger partial charge on any atom is 0.305 e. The summed E-state index contributed by atoms with van der Waals surface area (Å²) in [6, 6.07) is 17.1. The molecule has 4 rings (SSSR count). The van der Waals surface area contributed by atoms with Crippen LogP contribution in [0.5, 0.6) is 5.75 Å². The molecule has 7 heteroatoms. The van der Waals surface area contributed by atoms with Gasteiger partial charge in [-0.05, 0) is 48.5 Å². The van der Waals surface area contributed by atoms with Crippen molar-refractivity contribution in [1.82, 2.24) is 9.66 Å². The van der Waals surface area contributed by atoms with Gasteiger partial charge in [0.25, 0.3) is 5.56 Å². The zero-order valence-corrected chi connectivity index (χ0v) is 14.4. The fraction of sp³-hybridized carbons (Fsp3) is 0.0500. The van der Waals surface area contributed by atoms with Crippen LogP contribution in [0.1, 0.15) is 10.6 Å². The standard InChI is InChI=1S/C20H15N3O4/c1-26-14-10-8-13(9-11-14)18-21-16-6-3-2-5-15(16)20(25)23(18)22-19(24)17-7-4-12-27-17/h2-12H,1H3,(H,22,24). The Labute approximate surface area is 153 Å². The van der Waals surface area contributed by atoms with Crippen molar-refractivity contribution in [2.45, 2.75) is 0 Å². The third-order valence-corrected chi connectivity index (χ3v) is 4.08. The van der Waals surface area contributed by atoms with Crippen LogP contribution in [0.4, 0.5) is 0 Å². The molecular weight excluding hydrogens is 346 g/mol. The van der Waals surface area contributed by atoms with Crippen LogP contribution in [0.3, 0.4) is 0 Å². The molecule has 4 aromatic rings. The lowest BCUT2D eigenvalue weighted by Gasteiger charge is -2.14. The van der Waals surface area contributed by atoms with E-state index >= 15 is 0 Å². The minimum atomic E-state index is -0.547. The highest BCUT2D eigenvalue weighted by Gasteiger charge is 2.17. The highest BCUT2D eigenvalue weighted by atomic mass is 16.5. The molecule has 0 aliphatic heterocycles. The summed E-state index contributed by atoms with van der Waals surface area (Å²) in [6.45, 7) is 0. The van der Waals surface area contributed by atoms with Crippen LogP contribution in [0, 0.1) is 0 Å². The average Bonchev–Trinajstić information content (AvgIpc) is 3.25. The van der Waals surface area contributed by atoms with Gasteiger partial charge in [-0.2, -0.15) is 4.68 Å². The van der Waals surface area contributed by atoms with E-state index in [0.717, 1.165) is 4.68 Å². The van der Waals surface area contributed by atoms with Crippen molar-refractivity contribution in [3.8, 4) is 17.1 Å². The lowest BCUT2D eigenvalue weighted by molar-refractivity contribution is 0.0981. The fourth-order valence-corrected chi connectivity index (χ4v) is 2.73. The Morgan fingerprint density at radius 3 is 2.56 bits per heavy atom. The molecule has 134 valence electrons. The van der Waals surface area contributed by atoms with Gasteiger partial charge in [-0.1, -0.05) is 12.1 Å². The summed E-state index contributed by atoms with van der Waals surface area (Å²) < 4.78 is 11.4. The van der Waals surface area contributed by atoms with E-state index in [1.807, 2.05) is 0 Å². The summed E-state index contributed by atoms with van der Waals surface area (Å²) >= 11 is 0. The van der Waals surface area contributed by atoms with E-state index in [2.05, 4.69) is 10.4 Å². The van der Waals surface area contributed by atoms with Crippen molar-refractivity contribution in [2.24, 2.45) is 0 Å². The number of rotatable bonds is 4. The molecule has 7 nitrogen and oxygen atoms in total. The zero-order chi connectivity index (χ0) is 18.8. The summed E-state index contributed by atoms with van der Waals surface area (Å²) in [7, 11) is 1.57. The minimum Gasteiger partial charge on any atom is -0.497 e. The predicted octanol–water partition coefficient (Wildman–Crippen LogP) is 3.05. The van der Waals surface area contributed by atoms with E-state index < -0.39 is 5.91 Å². The predicted molar refractivity (Wildman–Crippen MR) is 100 cm³/mol. The molecule has 0 radical (unpaired) electrons. The average molecular weight is 361 g/mol. The molecule has 0 fully saturated rings. The normalized spacial score (nSPS) is 10.7. The Morgan fingerprint density at radius 2 is 1.85 bits per heavy atom. The second kappa shape index (κ2) is 6.80. The third kappa shape index (κ3) is 3.06. The zero-order valence-electron chi connectivity index (χ0n) is 14.4. The summed E-state index contributed by atoms with van der Waals surface area (Å²) in [5.41, 5.74) is 3.39. The minimum absolute atomic E-state index is 0.0933. The molecule has 0 atom stereocenters. The van der Waals surface area contributed by atoms with E-state index in [1.54, 1.807) is 61.7 Å². The van der Waals surface area contributed by atoms with Gasteiger partial charge in [-0.25, -0.2) is 4.98 Å². The van der Waals surface area contributed by atoms with E-state index in [4.69, 9.17) is 9.15 Å². The number of nitrogens with one attached hydrogen (secondary N) is 1. The van der Waals surface area contributed by atoms with E-state index in [-0.39, 0.29) is 11.3 Å². The molecule has 0 aliphatic rings. The van der Waals surface area contributed by atoms with Crippen LogP contribution in [0.25, 0.3) is 22.3 Å². The maximum absolute atomic E-state index is 13.0. The van der Waals surface area contributed by atoms with Crippen LogP contribution in [-0.4, -0.2) is 22.7 Å². The monoisotopic (exact) mass is 361 g/mol. The number of para-hydroxylation sites is 1. The van der Waals surface area contributed by atoms with Crippen LogP contribution in [0.15, 0.2) is 76.1 Å². The van der Waals surface area contributed by atoms with Crippen molar-refractivity contribution >= 4 is 16.8 Å². The molecule has 0 aliphatic carbocycles. The number of methoxy groups -OCH3 is 1. The Balaban J connectivity index is 1.89. The van der Waals surface area contributed by atoms with Gasteiger partial charge in [0.15, 0.2) is 11.6 Å². The Hall–Kier alpha value is -3.87. The van der Waals surface area contributed by atoms with Crippen LogP contribution >= 0.6 is 0 Å². The van der Waals surface area contributed by atoms with Gasteiger partial charge >= 0.3 is 5.91 Å². The number of carbonyl (C=O) groups is 1. The van der Waals surface area contributed by atoms with Crippen molar-refractivity contribution in [1.29, 1.82) is 0 Å². The summed E-state index contributed by atoms with van der Waals surface area (Å²) in [4.78, 5) is 30.0. The summed E-state index contributed by atoms with van der Waals surface area (Å²) in [5, 5.41) is 0.398. The smallest absolute Gasteiger partial charge is 0.305 e. The number of ether oxygens (including phenoxy) is 1. The number of furan rings is 1. The van der Waals surface area contributed by atoms with Gasteiger partial charge in [0.05, 0.1) is 24.3 Å². The Bertz CT molecular complexity index is 1160. The molecule has 0 unspecified atom stereocenters. The second-order valence-electron chi connectivity index (χ2n) is 5.74. The lowest BCUT2D eigenvalue weighted by Crippen LogP contribution is -2.35. The Morgan fingerprint density at radius 1 is 1.07 bits per heavy atom. The fourth-order valence-electron chi connectivity index (χ4n) is 2.73. The third-order valence-electron chi connectivity index (χ3n) is 4.08. The summed E-state index contributed by atoms with van der Waals surface area (Å²) in [6.07, 6.45) is 1.39. The molecule has 27 heavy (non-hydrogen) atoms. The van der Waals surface area contributed by atoms with E-state index in [0.29, 0.717) is 28.0 Å². The highest BCUT2D eigenvalue weighted by molar-refractivity contribution is 5.98.